The Morgan fingerprint density at radius 2 is 2.24 bits per heavy atom. The molecule has 1 aromatic heterocycles. The number of anilines is 1. The Balaban J connectivity index is 1.81. The van der Waals surface area contributed by atoms with Gasteiger partial charge in [0.15, 0.2) is 5.13 Å². The highest BCUT2D eigenvalue weighted by Crippen LogP contribution is 2.36. The van der Waals surface area contributed by atoms with E-state index in [0.717, 1.165) is 37.6 Å². The number of carbonyl (C=O) groups excluding carboxylic acids is 1. The molecule has 5 nitrogen and oxygen atoms in total. The number of nitrogens with one attached hydrogen (secondary N) is 1. The van der Waals surface area contributed by atoms with Crippen molar-refractivity contribution in [2.75, 3.05) is 38.1 Å². The van der Waals surface area contributed by atoms with Gasteiger partial charge in [0, 0.05) is 25.0 Å². The number of nitrogens with zero attached hydrogens (tertiary/aromatic N) is 3. The molecule has 0 aromatic carbocycles. The highest BCUT2D eigenvalue weighted by molar-refractivity contribution is 7.15. The average Bonchev–Trinajstić information content (AvgIpc) is 2.84. The summed E-state index contributed by atoms with van der Waals surface area (Å²) in [5.41, 5.74) is 1.23. The number of fused-ring (bicyclic) bond motifs is 1. The van der Waals surface area contributed by atoms with Crippen molar-refractivity contribution in [2.45, 2.75) is 38.6 Å². The van der Waals surface area contributed by atoms with Crippen LogP contribution >= 0.6 is 11.3 Å². The van der Waals surface area contributed by atoms with Crippen molar-refractivity contribution in [1.82, 2.24) is 15.2 Å². The zero-order valence-corrected chi connectivity index (χ0v) is 13.7. The van der Waals surface area contributed by atoms with E-state index in [9.17, 15) is 4.79 Å². The molecule has 1 saturated heterocycles. The van der Waals surface area contributed by atoms with Crippen molar-refractivity contribution in [3.05, 3.63) is 10.6 Å². The summed E-state index contributed by atoms with van der Waals surface area (Å²) >= 11 is 1.79. The van der Waals surface area contributed by atoms with Gasteiger partial charge in [0.1, 0.15) is 0 Å². The molecule has 0 radical (unpaired) electrons. The fraction of sp³-hybridized carbons (Fsp3) is 0.733. The Morgan fingerprint density at radius 1 is 1.38 bits per heavy atom. The maximum atomic E-state index is 12.1. The third-order valence-electron chi connectivity index (χ3n) is 4.34. The second-order valence-electron chi connectivity index (χ2n) is 5.90. The van der Waals surface area contributed by atoms with Crippen LogP contribution in [0.3, 0.4) is 0 Å². The summed E-state index contributed by atoms with van der Waals surface area (Å²) in [5, 5.41) is 4.57. The third kappa shape index (κ3) is 3.06. The summed E-state index contributed by atoms with van der Waals surface area (Å²) in [5.74, 6) is 0.198. The summed E-state index contributed by atoms with van der Waals surface area (Å²) in [6, 6.07) is 0.397. The van der Waals surface area contributed by atoms with Gasteiger partial charge in [-0.15, -0.1) is 11.3 Å². The number of hydrogen-bond donors (Lipinski definition) is 1. The van der Waals surface area contributed by atoms with E-state index in [2.05, 4.69) is 17.1 Å². The third-order valence-corrected chi connectivity index (χ3v) is 5.53. The van der Waals surface area contributed by atoms with Gasteiger partial charge in [-0.1, -0.05) is 6.92 Å². The van der Waals surface area contributed by atoms with Crippen LogP contribution in [0, 0.1) is 0 Å². The molecule has 2 aliphatic rings. The zero-order chi connectivity index (χ0) is 14.8. The predicted molar refractivity (Wildman–Crippen MR) is 85.9 cm³/mol. The van der Waals surface area contributed by atoms with Crippen LogP contribution in [-0.4, -0.2) is 49.0 Å². The summed E-state index contributed by atoms with van der Waals surface area (Å²) in [6.07, 6.45) is 4.55. The van der Waals surface area contributed by atoms with Crippen molar-refractivity contribution < 1.29 is 4.79 Å². The summed E-state index contributed by atoms with van der Waals surface area (Å²) in [7, 11) is 1.89. The van der Waals surface area contributed by atoms with Crippen molar-refractivity contribution in [3.8, 4) is 0 Å². The van der Waals surface area contributed by atoms with Gasteiger partial charge in [0.25, 0.3) is 0 Å². The maximum absolute atomic E-state index is 12.1. The molecule has 1 aliphatic heterocycles. The molecular formula is C15H24N4OS. The zero-order valence-electron chi connectivity index (χ0n) is 12.9. The molecule has 1 amide bonds. The SMILES string of the molecule is CCNC1CCCc2sc(N3CCCN(C)C(=O)C3)nc21. The number of rotatable bonds is 3. The summed E-state index contributed by atoms with van der Waals surface area (Å²) < 4.78 is 0. The largest absolute Gasteiger partial charge is 0.344 e. The molecule has 1 unspecified atom stereocenters. The van der Waals surface area contributed by atoms with Gasteiger partial charge in [0.05, 0.1) is 18.3 Å². The first-order valence-electron chi connectivity index (χ1n) is 7.91. The Kier molecular flexibility index (Phi) is 4.45. The first kappa shape index (κ1) is 14.8. The van der Waals surface area contributed by atoms with E-state index in [4.69, 9.17) is 4.98 Å². The van der Waals surface area contributed by atoms with E-state index >= 15 is 0 Å². The van der Waals surface area contributed by atoms with Crippen LogP contribution in [0.25, 0.3) is 0 Å². The van der Waals surface area contributed by atoms with Crippen LogP contribution in [0.2, 0.25) is 0 Å². The fourth-order valence-electron chi connectivity index (χ4n) is 3.14. The number of carbonyl (C=O) groups is 1. The first-order chi connectivity index (χ1) is 10.2. The lowest BCUT2D eigenvalue weighted by Gasteiger charge is -2.21. The van der Waals surface area contributed by atoms with Gasteiger partial charge in [-0.2, -0.15) is 0 Å². The lowest BCUT2D eigenvalue weighted by molar-refractivity contribution is -0.127. The molecule has 0 spiro atoms. The van der Waals surface area contributed by atoms with E-state index in [1.54, 1.807) is 11.3 Å². The number of hydrogen-bond acceptors (Lipinski definition) is 5. The molecule has 1 atom stereocenters. The monoisotopic (exact) mass is 308 g/mol. The minimum Gasteiger partial charge on any atom is -0.344 e. The van der Waals surface area contributed by atoms with Crippen LogP contribution in [0.5, 0.6) is 0 Å². The molecule has 1 aliphatic carbocycles. The minimum atomic E-state index is 0.198. The lowest BCUT2D eigenvalue weighted by atomic mass is 9.98. The lowest BCUT2D eigenvalue weighted by Crippen LogP contribution is -2.34. The van der Waals surface area contributed by atoms with Gasteiger partial charge >= 0.3 is 0 Å². The van der Waals surface area contributed by atoms with Crippen LogP contribution in [0.15, 0.2) is 0 Å². The van der Waals surface area contributed by atoms with E-state index in [1.165, 1.54) is 23.4 Å². The van der Waals surface area contributed by atoms with Gasteiger partial charge < -0.3 is 15.1 Å². The molecular weight excluding hydrogens is 284 g/mol. The second kappa shape index (κ2) is 6.32. The molecule has 0 bridgehead atoms. The minimum absolute atomic E-state index is 0.198. The number of aryl methyl sites for hydroxylation is 1. The Labute approximate surface area is 130 Å². The van der Waals surface area contributed by atoms with Crippen molar-refractivity contribution in [3.63, 3.8) is 0 Å². The van der Waals surface area contributed by atoms with Crippen LogP contribution < -0.4 is 10.2 Å². The van der Waals surface area contributed by atoms with Crippen molar-refractivity contribution >= 4 is 22.4 Å². The molecule has 116 valence electrons. The van der Waals surface area contributed by atoms with Crippen molar-refractivity contribution in [2.24, 2.45) is 0 Å². The Hall–Kier alpha value is -1.14. The van der Waals surface area contributed by atoms with E-state index in [1.807, 2.05) is 11.9 Å². The van der Waals surface area contributed by atoms with Gasteiger partial charge in [-0.05, 0) is 32.2 Å². The molecule has 6 heteroatoms. The number of aromatic nitrogens is 1. The standard InChI is InChI=1S/C15H24N4OS/c1-3-16-11-6-4-7-12-14(11)17-15(21-12)19-9-5-8-18(2)13(20)10-19/h11,16H,3-10H2,1-2H3. The van der Waals surface area contributed by atoms with E-state index in [0.29, 0.717) is 12.6 Å². The number of amides is 1. The average molecular weight is 308 g/mol. The molecule has 2 heterocycles. The van der Waals surface area contributed by atoms with Gasteiger partial charge in [-0.3, -0.25) is 4.79 Å². The second-order valence-corrected chi connectivity index (χ2v) is 6.96. The van der Waals surface area contributed by atoms with Crippen LogP contribution in [0.4, 0.5) is 5.13 Å². The first-order valence-corrected chi connectivity index (χ1v) is 8.72. The van der Waals surface area contributed by atoms with Gasteiger partial charge in [-0.25, -0.2) is 4.98 Å². The smallest absolute Gasteiger partial charge is 0.241 e. The summed E-state index contributed by atoms with van der Waals surface area (Å²) in [4.78, 5) is 22.3. The molecule has 21 heavy (non-hydrogen) atoms. The quantitative estimate of drug-likeness (QED) is 0.925. The van der Waals surface area contributed by atoms with E-state index < -0.39 is 0 Å². The normalized spacial score (nSPS) is 23.1. The molecule has 1 fully saturated rings. The highest BCUT2D eigenvalue weighted by Gasteiger charge is 2.27. The molecule has 1 aromatic rings. The predicted octanol–water partition coefficient (Wildman–Crippen LogP) is 1.80. The fourth-order valence-corrected chi connectivity index (χ4v) is 4.32. The number of thiazole rings is 1. The van der Waals surface area contributed by atoms with Crippen LogP contribution in [0.1, 0.15) is 42.8 Å². The molecule has 1 N–H and O–H groups in total. The van der Waals surface area contributed by atoms with E-state index in [-0.39, 0.29) is 5.91 Å². The van der Waals surface area contributed by atoms with Crippen molar-refractivity contribution in [1.29, 1.82) is 0 Å². The Bertz CT molecular complexity index is 516. The van der Waals surface area contributed by atoms with Gasteiger partial charge in [0.2, 0.25) is 5.91 Å². The number of likely N-dealkylation sites (N-methyl/N-ethyl adjacent to an activating group) is 1. The Morgan fingerprint density at radius 3 is 3.05 bits per heavy atom. The highest BCUT2D eigenvalue weighted by atomic mass is 32.1. The maximum Gasteiger partial charge on any atom is 0.241 e. The topological polar surface area (TPSA) is 48.5 Å². The molecule has 3 rings (SSSR count). The van der Waals surface area contributed by atoms with Crippen LogP contribution in [-0.2, 0) is 11.2 Å². The molecule has 0 saturated carbocycles. The summed E-state index contributed by atoms with van der Waals surface area (Å²) in [6.45, 7) is 5.36.